The van der Waals surface area contributed by atoms with Crippen molar-refractivity contribution < 1.29 is 18.0 Å². The zero-order valence-corrected chi connectivity index (χ0v) is 21.9. The number of carbonyl (C=O) groups excluding carboxylic acids is 2. The molecule has 0 heterocycles. The first-order valence-corrected chi connectivity index (χ1v) is 13.5. The fraction of sp³-hybridized carbons (Fsp3) is 0.417. The van der Waals surface area contributed by atoms with Gasteiger partial charge in [0.2, 0.25) is 21.8 Å². The van der Waals surface area contributed by atoms with E-state index in [1.54, 1.807) is 31.2 Å². The number of amides is 2. The number of carbonyl (C=O) groups is 2. The molecule has 0 unspecified atom stereocenters. The topological polar surface area (TPSA) is 86.8 Å². The highest BCUT2D eigenvalue weighted by atomic mass is 79.9. The van der Waals surface area contributed by atoms with Gasteiger partial charge in [0.25, 0.3) is 0 Å². The van der Waals surface area contributed by atoms with E-state index in [-0.39, 0.29) is 12.5 Å². The molecule has 0 fully saturated rings. The molecule has 1 atom stereocenters. The second kappa shape index (κ2) is 12.2. The van der Waals surface area contributed by atoms with Gasteiger partial charge in [-0.25, -0.2) is 8.42 Å². The highest BCUT2D eigenvalue weighted by Gasteiger charge is 2.30. The monoisotopic (exact) mass is 537 g/mol. The first-order valence-electron chi connectivity index (χ1n) is 10.9. The van der Waals surface area contributed by atoms with Crippen LogP contribution in [0.1, 0.15) is 37.8 Å². The number of sulfonamides is 1. The Kier molecular flexibility index (Phi) is 9.91. The number of aryl methyl sites for hydroxylation is 1. The van der Waals surface area contributed by atoms with Gasteiger partial charge >= 0.3 is 0 Å². The molecular weight excluding hydrogens is 506 g/mol. The van der Waals surface area contributed by atoms with Crippen LogP contribution in [0.15, 0.2) is 53.0 Å². The lowest BCUT2D eigenvalue weighted by Gasteiger charge is -2.31. The molecule has 33 heavy (non-hydrogen) atoms. The van der Waals surface area contributed by atoms with Gasteiger partial charge < -0.3 is 10.2 Å². The summed E-state index contributed by atoms with van der Waals surface area (Å²) in [5, 5.41) is 2.86. The predicted octanol–water partition coefficient (Wildman–Crippen LogP) is 3.86. The third-order valence-corrected chi connectivity index (χ3v) is 6.87. The number of hydrogen-bond acceptors (Lipinski definition) is 4. The summed E-state index contributed by atoms with van der Waals surface area (Å²) in [6.45, 7) is 5.89. The minimum Gasteiger partial charge on any atom is -0.354 e. The molecule has 180 valence electrons. The van der Waals surface area contributed by atoms with Crippen LogP contribution in [0.4, 0.5) is 5.69 Å². The highest BCUT2D eigenvalue weighted by Crippen LogP contribution is 2.20. The van der Waals surface area contributed by atoms with Gasteiger partial charge in [-0.15, -0.1) is 0 Å². The molecular formula is C24H32BrN3O4S. The fourth-order valence-electron chi connectivity index (χ4n) is 3.28. The van der Waals surface area contributed by atoms with Crippen LogP contribution in [0.3, 0.4) is 0 Å². The summed E-state index contributed by atoms with van der Waals surface area (Å²) < 4.78 is 27.0. The molecule has 0 saturated carbocycles. The van der Waals surface area contributed by atoms with Gasteiger partial charge in [-0.1, -0.05) is 59.1 Å². The molecule has 0 saturated heterocycles. The van der Waals surface area contributed by atoms with Crippen LogP contribution in [0.25, 0.3) is 0 Å². The first-order chi connectivity index (χ1) is 15.5. The lowest BCUT2D eigenvalue weighted by Crippen LogP contribution is -2.51. The third-order valence-electron chi connectivity index (χ3n) is 5.24. The SMILES string of the molecule is CCCCNC(=O)[C@@H](C)N(Cc1cccc(Br)c1)C(=O)CN(c1ccc(C)cc1)S(C)(=O)=O. The lowest BCUT2D eigenvalue weighted by molar-refractivity contribution is -0.139. The second-order valence-electron chi connectivity index (χ2n) is 8.08. The van der Waals surface area contributed by atoms with Crippen molar-refractivity contribution in [1.82, 2.24) is 10.2 Å². The van der Waals surface area contributed by atoms with Gasteiger partial charge in [0.15, 0.2) is 0 Å². The van der Waals surface area contributed by atoms with Gasteiger partial charge in [0.05, 0.1) is 11.9 Å². The predicted molar refractivity (Wildman–Crippen MR) is 135 cm³/mol. The first kappa shape index (κ1) is 26.9. The van der Waals surface area contributed by atoms with Crippen molar-refractivity contribution in [1.29, 1.82) is 0 Å². The Labute approximate surface area is 205 Å². The molecule has 0 bridgehead atoms. The Hall–Kier alpha value is -2.39. The Morgan fingerprint density at radius 3 is 2.36 bits per heavy atom. The number of rotatable bonds is 11. The Balaban J connectivity index is 2.33. The Bertz CT molecular complexity index is 1060. The van der Waals surface area contributed by atoms with Crippen molar-refractivity contribution in [2.24, 2.45) is 0 Å². The third kappa shape index (κ3) is 8.16. The van der Waals surface area contributed by atoms with E-state index in [2.05, 4.69) is 21.2 Å². The number of halogens is 1. The lowest BCUT2D eigenvalue weighted by atomic mass is 10.1. The molecule has 0 radical (unpaired) electrons. The van der Waals surface area contributed by atoms with Crippen LogP contribution in [0.5, 0.6) is 0 Å². The van der Waals surface area contributed by atoms with E-state index in [9.17, 15) is 18.0 Å². The number of unbranched alkanes of at least 4 members (excludes halogenated alkanes) is 1. The van der Waals surface area contributed by atoms with Gasteiger partial charge in [0, 0.05) is 17.6 Å². The van der Waals surface area contributed by atoms with Gasteiger partial charge in [-0.3, -0.25) is 13.9 Å². The van der Waals surface area contributed by atoms with E-state index < -0.39 is 28.5 Å². The number of benzene rings is 2. The number of anilines is 1. The smallest absolute Gasteiger partial charge is 0.244 e. The van der Waals surface area contributed by atoms with Crippen LogP contribution in [-0.2, 0) is 26.2 Å². The zero-order chi connectivity index (χ0) is 24.6. The number of nitrogens with one attached hydrogen (secondary N) is 1. The van der Waals surface area contributed by atoms with Crippen LogP contribution >= 0.6 is 15.9 Å². The van der Waals surface area contributed by atoms with E-state index in [1.165, 1.54) is 4.90 Å². The molecule has 1 N–H and O–H groups in total. The van der Waals surface area contributed by atoms with Crippen molar-refractivity contribution >= 4 is 43.5 Å². The van der Waals surface area contributed by atoms with E-state index >= 15 is 0 Å². The summed E-state index contributed by atoms with van der Waals surface area (Å²) in [6, 6.07) is 13.6. The van der Waals surface area contributed by atoms with Crippen molar-refractivity contribution in [3.63, 3.8) is 0 Å². The Morgan fingerprint density at radius 2 is 1.79 bits per heavy atom. The summed E-state index contributed by atoms with van der Waals surface area (Å²) in [4.78, 5) is 27.6. The molecule has 9 heteroatoms. The zero-order valence-electron chi connectivity index (χ0n) is 19.5. The molecule has 2 rings (SSSR count). The molecule has 7 nitrogen and oxygen atoms in total. The molecule has 2 amide bonds. The van der Waals surface area contributed by atoms with Gasteiger partial charge in [-0.2, -0.15) is 0 Å². The number of hydrogen-bond donors (Lipinski definition) is 1. The van der Waals surface area contributed by atoms with E-state index in [4.69, 9.17) is 0 Å². The van der Waals surface area contributed by atoms with Crippen LogP contribution < -0.4 is 9.62 Å². The van der Waals surface area contributed by atoms with E-state index in [0.29, 0.717) is 12.2 Å². The Morgan fingerprint density at radius 1 is 1.12 bits per heavy atom. The van der Waals surface area contributed by atoms with Gasteiger partial charge in [0.1, 0.15) is 12.6 Å². The largest absolute Gasteiger partial charge is 0.354 e. The van der Waals surface area contributed by atoms with E-state index in [0.717, 1.165) is 39.0 Å². The summed E-state index contributed by atoms with van der Waals surface area (Å²) in [6.07, 6.45) is 2.85. The fourth-order valence-corrected chi connectivity index (χ4v) is 4.57. The summed E-state index contributed by atoms with van der Waals surface area (Å²) in [7, 11) is -3.72. The standard InChI is InChI=1S/C24H32BrN3O4S/c1-5-6-14-26-24(30)19(3)27(16-20-8-7-9-21(25)15-20)23(29)17-28(33(4,31)32)22-12-10-18(2)11-13-22/h7-13,15,19H,5-6,14,16-17H2,1-4H3,(H,26,30)/t19-/m1/s1. The van der Waals surface area contributed by atoms with Crippen LogP contribution in [-0.4, -0.2) is 50.5 Å². The molecule has 2 aromatic rings. The van der Waals surface area contributed by atoms with Crippen molar-refractivity contribution in [2.75, 3.05) is 23.7 Å². The molecule has 0 aliphatic rings. The minimum absolute atomic E-state index is 0.173. The minimum atomic E-state index is -3.72. The maximum absolute atomic E-state index is 13.4. The molecule has 0 aliphatic carbocycles. The number of nitrogens with zero attached hydrogens (tertiary/aromatic N) is 2. The van der Waals surface area contributed by atoms with Crippen LogP contribution in [0, 0.1) is 6.92 Å². The normalized spacial score (nSPS) is 12.2. The second-order valence-corrected chi connectivity index (χ2v) is 10.9. The van der Waals surface area contributed by atoms with Crippen molar-refractivity contribution in [3.05, 3.63) is 64.1 Å². The molecule has 2 aromatic carbocycles. The summed E-state index contributed by atoms with van der Waals surface area (Å²) >= 11 is 3.43. The maximum atomic E-state index is 13.4. The maximum Gasteiger partial charge on any atom is 0.244 e. The molecule has 0 aliphatic heterocycles. The average molecular weight is 539 g/mol. The summed E-state index contributed by atoms with van der Waals surface area (Å²) in [5.74, 6) is -0.729. The average Bonchev–Trinajstić information content (AvgIpc) is 2.75. The quantitative estimate of drug-likeness (QED) is 0.441. The molecule has 0 aromatic heterocycles. The summed E-state index contributed by atoms with van der Waals surface area (Å²) in [5.41, 5.74) is 2.21. The van der Waals surface area contributed by atoms with Crippen molar-refractivity contribution in [3.8, 4) is 0 Å². The van der Waals surface area contributed by atoms with Crippen LogP contribution in [0.2, 0.25) is 0 Å². The van der Waals surface area contributed by atoms with E-state index in [1.807, 2.05) is 38.1 Å². The van der Waals surface area contributed by atoms with Gasteiger partial charge in [-0.05, 0) is 50.1 Å². The molecule has 0 spiro atoms. The highest BCUT2D eigenvalue weighted by molar-refractivity contribution is 9.10. The van der Waals surface area contributed by atoms with Crippen molar-refractivity contribution in [2.45, 2.75) is 46.2 Å².